The molecule has 0 unspecified atom stereocenters. The van der Waals surface area contributed by atoms with Crippen molar-refractivity contribution < 1.29 is 5.11 Å². The normalized spacial score (nSPS) is 11.9. The highest BCUT2D eigenvalue weighted by Gasteiger charge is 2.21. The smallest absolute Gasteiger partial charge is 0.332 e. The number of nitrogens with zero attached hydrogens (tertiary/aromatic N) is 6. The Morgan fingerprint density at radius 1 is 1.08 bits per heavy atom. The first-order valence-electron chi connectivity index (χ1n) is 7.25. The van der Waals surface area contributed by atoms with Gasteiger partial charge in [-0.2, -0.15) is 4.98 Å². The molecule has 0 radical (unpaired) electrons. The van der Waals surface area contributed by atoms with E-state index in [0.29, 0.717) is 10.6 Å². The number of hydrogen-bond donors (Lipinski definition) is 1. The van der Waals surface area contributed by atoms with Crippen molar-refractivity contribution in [3.05, 3.63) is 51.2 Å². The summed E-state index contributed by atoms with van der Waals surface area (Å²) < 4.78 is 3.53. The maximum Gasteiger partial charge on any atom is 0.332 e. The molecule has 0 amide bonds. The molecule has 0 spiro atoms. The van der Waals surface area contributed by atoms with Crippen molar-refractivity contribution >= 4 is 38.2 Å². The van der Waals surface area contributed by atoms with Crippen LogP contribution in [0.15, 0.2) is 50.1 Å². The quantitative estimate of drug-likeness (QED) is 0.555. The van der Waals surface area contributed by atoms with Gasteiger partial charge < -0.3 is 5.11 Å². The lowest BCUT2D eigenvalue weighted by atomic mass is 10.3. The van der Waals surface area contributed by atoms with Crippen LogP contribution in [-0.2, 0) is 14.1 Å². The van der Waals surface area contributed by atoms with Gasteiger partial charge in [-0.15, -0.1) is 10.2 Å². The van der Waals surface area contributed by atoms with Crippen LogP contribution >= 0.6 is 11.3 Å². The van der Waals surface area contributed by atoms with Gasteiger partial charge in [0.15, 0.2) is 11.2 Å². The fourth-order valence-electron chi connectivity index (χ4n) is 2.53. The van der Waals surface area contributed by atoms with Crippen LogP contribution in [0.4, 0.5) is 10.7 Å². The van der Waals surface area contributed by atoms with Crippen molar-refractivity contribution in [2.75, 3.05) is 0 Å². The summed E-state index contributed by atoms with van der Waals surface area (Å²) in [4.78, 5) is 29.1. The Morgan fingerprint density at radius 3 is 2.52 bits per heavy atom. The van der Waals surface area contributed by atoms with Gasteiger partial charge in [-0.05, 0) is 12.1 Å². The Labute approximate surface area is 143 Å². The van der Waals surface area contributed by atoms with Crippen LogP contribution < -0.4 is 11.2 Å². The highest BCUT2D eigenvalue weighted by Crippen LogP contribution is 2.38. The third-order valence-electron chi connectivity index (χ3n) is 3.83. The summed E-state index contributed by atoms with van der Waals surface area (Å²) in [6.07, 6.45) is 0. The topological polar surface area (TPSA) is 106 Å². The van der Waals surface area contributed by atoms with Crippen molar-refractivity contribution in [2.24, 2.45) is 24.3 Å². The molecule has 0 saturated carbocycles. The van der Waals surface area contributed by atoms with Crippen LogP contribution in [0.2, 0.25) is 0 Å². The number of fused-ring (bicyclic) bond motifs is 3. The fourth-order valence-corrected chi connectivity index (χ4v) is 3.37. The van der Waals surface area contributed by atoms with E-state index in [4.69, 9.17) is 0 Å². The average molecular weight is 356 g/mol. The third-order valence-corrected chi connectivity index (χ3v) is 4.74. The summed E-state index contributed by atoms with van der Waals surface area (Å²) in [5, 5.41) is 18.8. The molecule has 1 aromatic carbocycles. The van der Waals surface area contributed by atoms with Crippen LogP contribution in [0.5, 0.6) is 5.88 Å². The number of thiazole rings is 1. The summed E-state index contributed by atoms with van der Waals surface area (Å²) in [7, 11) is 2.90. The van der Waals surface area contributed by atoms with Crippen LogP contribution in [0.25, 0.3) is 16.1 Å². The van der Waals surface area contributed by atoms with Gasteiger partial charge >= 0.3 is 5.69 Å². The Bertz CT molecular complexity index is 1260. The van der Waals surface area contributed by atoms with Crippen molar-refractivity contribution in [1.82, 2.24) is 18.5 Å². The molecule has 0 fully saturated rings. The molecule has 3 aromatic heterocycles. The zero-order valence-electron chi connectivity index (χ0n) is 13.2. The zero-order valence-corrected chi connectivity index (χ0v) is 14.1. The average Bonchev–Trinajstić information content (AvgIpc) is 3.14. The predicted octanol–water partition coefficient (Wildman–Crippen LogP) is 2.07. The van der Waals surface area contributed by atoms with Gasteiger partial charge in [0.25, 0.3) is 5.56 Å². The van der Waals surface area contributed by atoms with Gasteiger partial charge in [0.05, 0.1) is 5.69 Å². The molecular weight excluding hydrogens is 344 g/mol. The number of azo groups is 1. The molecule has 0 atom stereocenters. The van der Waals surface area contributed by atoms with E-state index in [0.717, 1.165) is 15.9 Å². The highest BCUT2D eigenvalue weighted by atomic mass is 32.1. The van der Waals surface area contributed by atoms with Gasteiger partial charge in [-0.25, -0.2) is 9.20 Å². The molecular formula is C15H12N6O3S. The summed E-state index contributed by atoms with van der Waals surface area (Å²) >= 11 is 1.08. The lowest BCUT2D eigenvalue weighted by Gasteiger charge is -2.02. The van der Waals surface area contributed by atoms with Crippen LogP contribution in [0.3, 0.4) is 0 Å². The van der Waals surface area contributed by atoms with E-state index >= 15 is 0 Å². The molecule has 0 bridgehead atoms. The Balaban J connectivity index is 1.97. The fraction of sp³-hybridized carbons (Fsp3) is 0.133. The molecule has 0 aliphatic rings. The number of imidazole rings is 1. The minimum atomic E-state index is -0.537. The maximum atomic E-state index is 12.4. The molecule has 4 rings (SSSR count). The summed E-state index contributed by atoms with van der Waals surface area (Å²) in [6, 6.07) is 9.07. The third kappa shape index (κ3) is 2.18. The molecule has 0 aliphatic carbocycles. The molecule has 10 heteroatoms. The second kappa shape index (κ2) is 5.38. The van der Waals surface area contributed by atoms with E-state index in [9.17, 15) is 14.7 Å². The zero-order chi connectivity index (χ0) is 17.7. The van der Waals surface area contributed by atoms with Gasteiger partial charge in [-0.1, -0.05) is 29.5 Å². The van der Waals surface area contributed by atoms with Crippen LogP contribution in [0.1, 0.15) is 0 Å². The van der Waals surface area contributed by atoms with Crippen molar-refractivity contribution in [2.45, 2.75) is 0 Å². The minimum absolute atomic E-state index is 0.120. The molecule has 4 aromatic rings. The van der Waals surface area contributed by atoms with Crippen LogP contribution in [-0.4, -0.2) is 23.6 Å². The molecule has 25 heavy (non-hydrogen) atoms. The first-order valence-corrected chi connectivity index (χ1v) is 8.07. The van der Waals surface area contributed by atoms with Crippen molar-refractivity contribution in [3.8, 4) is 5.88 Å². The first kappa shape index (κ1) is 15.3. The molecule has 9 nitrogen and oxygen atoms in total. The number of hydrogen-bond acceptors (Lipinski definition) is 7. The lowest BCUT2D eigenvalue weighted by molar-refractivity contribution is 0.452. The molecule has 1 N–H and O–H groups in total. The number of aromatic nitrogens is 4. The van der Waals surface area contributed by atoms with Crippen LogP contribution in [0, 0.1) is 0 Å². The Hall–Kier alpha value is -3.27. The van der Waals surface area contributed by atoms with E-state index in [1.807, 2.05) is 18.2 Å². The van der Waals surface area contributed by atoms with Gasteiger partial charge in [0.1, 0.15) is 0 Å². The number of benzene rings is 1. The second-order valence-corrected chi connectivity index (χ2v) is 6.33. The second-order valence-electron chi connectivity index (χ2n) is 5.37. The summed E-state index contributed by atoms with van der Waals surface area (Å²) in [6.45, 7) is 0. The Kier molecular flexibility index (Phi) is 3.29. The van der Waals surface area contributed by atoms with Crippen molar-refractivity contribution in [1.29, 1.82) is 0 Å². The summed E-state index contributed by atoms with van der Waals surface area (Å²) in [5.41, 5.74) is -0.0520. The number of aromatic hydroxyl groups is 1. The SMILES string of the molecule is Cn1c(=O)c2c(nc3sc(N=Nc4ccccc4)c(O)n32)n(C)c1=O. The van der Waals surface area contributed by atoms with E-state index in [1.54, 1.807) is 12.1 Å². The maximum absolute atomic E-state index is 12.4. The highest BCUT2D eigenvalue weighted by molar-refractivity contribution is 7.21. The number of rotatable bonds is 2. The van der Waals surface area contributed by atoms with Gasteiger partial charge in [0.2, 0.25) is 15.8 Å². The van der Waals surface area contributed by atoms with E-state index in [2.05, 4.69) is 15.2 Å². The van der Waals surface area contributed by atoms with Gasteiger partial charge in [-0.3, -0.25) is 13.9 Å². The largest absolute Gasteiger partial charge is 0.492 e. The molecule has 0 saturated heterocycles. The molecule has 126 valence electrons. The van der Waals surface area contributed by atoms with E-state index in [1.165, 1.54) is 23.1 Å². The molecule has 0 aliphatic heterocycles. The minimum Gasteiger partial charge on any atom is -0.492 e. The number of aryl methyl sites for hydroxylation is 1. The predicted molar refractivity (Wildman–Crippen MR) is 93.3 cm³/mol. The lowest BCUT2D eigenvalue weighted by Crippen LogP contribution is -2.37. The van der Waals surface area contributed by atoms with E-state index in [-0.39, 0.29) is 22.0 Å². The van der Waals surface area contributed by atoms with Gasteiger partial charge in [0, 0.05) is 14.1 Å². The summed E-state index contributed by atoms with van der Waals surface area (Å²) in [5.74, 6) is -0.238. The molecule has 3 heterocycles. The standard InChI is InChI=1S/C15H12N6O3S/c1-19-10-9(12(22)20(2)15(19)24)21-13(23)11(25-14(21)16-10)18-17-8-6-4-3-5-7-8/h3-7,23H,1-2H3. The van der Waals surface area contributed by atoms with E-state index < -0.39 is 11.2 Å². The first-order chi connectivity index (χ1) is 12.0. The van der Waals surface area contributed by atoms with Crippen molar-refractivity contribution in [3.63, 3.8) is 0 Å². The Morgan fingerprint density at radius 2 is 1.80 bits per heavy atom. The monoisotopic (exact) mass is 356 g/mol.